The fraction of sp³-hybridized carbons (Fsp3) is 0.467. The third kappa shape index (κ3) is 4.84. The van der Waals surface area contributed by atoms with Crippen LogP contribution in [0, 0.1) is 0 Å². The van der Waals surface area contributed by atoms with Gasteiger partial charge in [0.1, 0.15) is 0 Å². The van der Waals surface area contributed by atoms with Crippen LogP contribution in [-0.2, 0) is 9.53 Å². The van der Waals surface area contributed by atoms with E-state index >= 15 is 0 Å². The van der Waals surface area contributed by atoms with Gasteiger partial charge in [-0.15, -0.1) is 0 Å². The molecule has 6 nitrogen and oxygen atoms in total. The molecule has 6 heteroatoms. The van der Waals surface area contributed by atoms with Crippen molar-refractivity contribution < 1.29 is 14.3 Å². The summed E-state index contributed by atoms with van der Waals surface area (Å²) < 4.78 is 5.32. The number of hydrogen-bond acceptors (Lipinski definition) is 4. The van der Waals surface area contributed by atoms with E-state index in [-0.39, 0.29) is 17.9 Å². The van der Waals surface area contributed by atoms with E-state index in [9.17, 15) is 9.59 Å². The molecule has 2 rings (SSSR count). The van der Waals surface area contributed by atoms with Crippen molar-refractivity contribution in [3.05, 3.63) is 29.8 Å². The Morgan fingerprint density at radius 3 is 3.00 bits per heavy atom. The highest BCUT2D eigenvalue weighted by atomic mass is 16.5. The van der Waals surface area contributed by atoms with Crippen LogP contribution in [-0.4, -0.2) is 44.2 Å². The van der Waals surface area contributed by atoms with Gasteiger partial charge in [0.05, 0.1) is 13.2 Å². The first kappa shape index (κ1) is 15.5. The third-order valence-corrected chi connectivity index (χ3v) is 3.18. The zero-order chi connectivity index (χ0) is 15.1. The lowest BCUT2D eigenvalue weighted by atomic mass is 10.1. The Kier molecular flexibility index (Phi) is 5.71. The molecule has 0 aliphatic carbocycles. The van der Waals surface area contributed by atoms with Gasteiger partial charge >= 0.3 is 0 Å². The number of rotatable bonds is 5. The lowest BCUT2D eigenvalue weighted by Crippen LogP contribution is -2.43. The van der Waals surface area contributed by atoms with Crippen molar-refractivity contribution >= 4 is 17.5 Å². The number of nitrogens with one attached hydrogen (secondary N) is 3. The minimum Gasteiger partial charge on any atom is -0.378 e. The van der Waals surface area contributed by atoms with E-state index in [1.165, 1.54) is 0 Å². The van der Waals surface area contributed by atoms with Crippen LogP contribution in [0.25, 0.3) is 0 Å². The van der Waals surface area contributed by atoms with Crippen LogP contribution in [0.1, 0.15) is 23.7 Å². The van der Waals surface area contributed by atoms with E-state index in [1.54, 1.807) is 24.3 Å². The van der Waals surface area contributed by atoms with Crippen molar-refractivity contribution in [2.75, 3.05) is 31.6 Å². The fourth-order valence-corrected chi connectivity index (χ4v) is 2.19. The Morgan fingerprint density at radius 1 is 1.43 bits per heavy atom. The lowest BCUT2D eigenvalue weighted by molar-refractivity contribution is -0.117. The Balaban J connectivity index is 1.91. The fourth-order valence-electron chi connectivity index (χ4n) is 2.19. The van der Waals surface area contributed by atoms with E-state index in [2.05, 4.69) is 16.0 Å². The van der Waals surface area contributed by atoms with E-state index < -0.39 is 0 Å². The third-order valence-electron chi connectivity index (χ3n) is 3.18. The van der Waals surface area contributed by atoms with Gasteiger partial charge in [0.25, 0.3) is 5.91 Å². The summed E-state index contributed by atoms with van der Waals surface area (Å²) in [6, 6.07) is 6.96. The van der Waals surface area contributed by atoms with Gasteiger partial charge < -0.3 is 20.7 Å². The molecule has 21 heavy (non-hydrogen) atoms. The lowest BCUT2D eigenvalue weighted by Gasteiger charge is -2.23. The molecule has 0 aromatic heterocycles. The van der Waals surface area contributed by atoms with Crippen LogP contribution in [0.2, 0.25) is 0 Å². The van der Waals surface area contributed by atoms with Crippen molar-refractivity contribution in [2.45, 2.75) is 19.4 Å². The molecule has 2 amide bonds. The molecule has 1 aromatic carbocycles. The molecule has 1 heterocycles. The monoisotopic (exact) mass is 291 g/mol. The van der Waals surface area contributed by atoms with Gasteiger partial charge in [-0.25, -0.2) is 0 Å². The van der Waals surface area contributed by atoms with Gasteiger partial charge in [-0.2, -0.15) is 0 Å². The summed E-state index contributed by atoms with van der Waals surface area (Å²) in [6.45, 7) is 4.44. The maximum absolute atomic E-state index is 12.0. The van der Waals surface area contributed by atoms with Gasteiger partial charge in [0.15, 0.2) is 0 Å². The molecular weight excluding hydrogens is 270 g/mol. The molecule has 1 atom stereocenters. The first-order chi connectivity index (χ1) is 10.2. The van der Waals surface area contributed by atoms with Crippen molar-refractivity contribution in [3.63, 3.8) is 0 Å². The molecule has 1 fully saturated rings. The molecule has 1 aliphatic rings. The summed E-state index contributed by atoms with van der Waals surface area (Å²) in [5.74, 6) is -0.234. The zero-order valence-corrected chi connectivity index (χ0v) is 12.1. The van der Waals surface area contributed by atoms with E-state index in [1.807, 2.05) is 6.92 Å². The highest BCUT2D eigenvalue weighted by Crippen LogP contribution is 2.11. The van der Waals surface area contributed by atoms with Crippen LogP contribution in [0.3, 0.4) is 0 Å². The molecule has 1 aromatic rings. The molecule has 1 aliphatic heterocycles. The number of amides is 2. The average molecular weight is 291 g/mol. The minimum atomic E-state index is -0.143. The average Bonchev–Trinajstić information content (AvgIpc) is 2.48. The van der Waals surface area contributed by atoms with Crippen molar-refractivity contribution in [2.24, 2.45) is 0 Å². The summed E-state index contributed by atoms with van der Waals surface area (Å²) in [7, 11) is 0. The number of benzene rings is 1. The summed E-state index contributed by atoms with van der Waals surface area (Å²) in [4.78, 5) is 23.7. The van der Waals surface area contributed by atoms with Crippen molar-refractivity contribution in [3.8, 4) is 0 Å². The summed E-state index contributed by atoms with van der Waals surface area (Å²) in [5, 5.41) is 8.77. The van der Waals surface area contributed by atoms with Gasteiger partial charge in [0.2, 0.25) is 5.91 Å². The zero-order valence-electron chi connectivity index (χ0n) is 12.1. The number of ether oxygens (including phenoxy) is 1. The number of hydrogen-bond donors (Lipinski definition) is 3. The standard InChI is InChI=1S/C15H21N3O3/c1-2-16-15(20)11-4-3-5-12(8-11)18-14(19)9-13-10-21-7-6-17-13/h3-5,8,13,17H,2,6-7,9-10H2,1H3,(H,16,20)(H,18,19). The highest BCUT2D eigenvalue weighted by molar-refractivity contribution is 5.97. The summed E-state index contributed by atoms with van der Waals surface area (Å²) in [5.41, 5.74) is 1.16. The molecule has 0 radical (unpaired) electrons. The minimum absolute atomic E-state index is 0.0466. The van der Waals surface area contributed by atoms with Crippen LogP contribution in [0.5, 0.6) is 0 Å². The van der Waals surface area contributed by atoms with Gasteiger partial charge in [-0.3, -0.25) is 9.59 Å². The molecule has 3 N–H and O–H groups in total. The van der Waals surface area contributed by atoms with Crippen LogP contribution in [0.4, 0.5) is 5.69 Å². The second-order valence-electron chi connectivity index (χ2n) is 4.92. The largest absolute Gasteiger partial charge is 0.378 e. The first-order valence-corrected chi connectivity index (χ1v) is 7.18. The Bertz CT molecular complexity index is 499. The van der Waals surface area contributed by atoms with Crippen LogP contribution < -0.4 is 16.0 Å². The topological polar surface area (TPSA) is 79.5 Å². The molecular formula is C15H21N3O3. The second kappa shape index (κ2) is 7.75. The maximum atomic E-state index is 12.0. The Morgan fingerprint density at radius 2 is 2.29 bits per heavy atom. The van der Waals surface area contributed by atoms with Crippen LogP contribution >= 0.6 is 0 Å². The van der Waals surface area contributed by atoms with E-state index in [4.69, 9.17) is 4.74 Å². The number of morpholine rings is 1. The number of carbonyl (C=O) groups is 2. The van der Waals surface area contributed by atoms with Crippen molar-refractivity contribution in [1.82, 2.24) is 10.6 Å². The first-order valence-electron chi connectivity index (χ1n) is 7.18. The molecule has 1 unspecified atom stereocenters. The maximum Gasteiger partial charge on any atom is 0.251 e. The predicted molar refractivity (Wildman–Crippen MR) is 80.3 cm³/mol. The molecule has 0 saturated carbocycles. The summed E-state index contributed by atoms with van der Waals surface area (Å²) in [6.07, 6.45) is 0.353. The van der Waals surface area contributed by atoms with Gasteiger partial charge in [-0.05, 0) is 25.1 Å². The molecule has 0 bridgehead atoms. The smallest absolute Gasteiger partial charge is 0.251 e. The second-order valence-corrected chi connectivity index (χ2v) is 4.92. The van der Waals surface area contributed by atoms with E-state index in [0.717, 1.165) is 6.54 Å². The van der Waals surface area contributed by atoms with Gasteiger partial charge in [-0.1, -0.05) is 6.07 Å². The summed E-state index contributed by atoms with van der Waals surface area (Å²) >= 11 is 0. The number of anilines is 1. The quantitative estimate of drug-likeness (QED) is 0.748. The predicted octanol–water partition coefficient (Wildman–Crippen LogP) is 0.753. The number of carbonyl (C=O) groups excluding carboxylic acids is 2. The molecule has 1 saturated heterocycles. The SMILES string of the molecule is CCNC(=O)c1cccc(NC(=O)CC2COCCN2)c1. The normalized spacial score (nSPS) is 18.0. The molecule has 114 valence electrons. The Labute approximate surface area is 124 Å². The van der Waals surface area contributed by atoms with Crippen molar-refractivity contribution in [1.29, 1.82) is 0 Å². The van der Waals surface area contributed by atoms with Crippen LogP contribution in [0.15, 0.2) is 24.3 Å². The molecule has 0 spiro atoms. The Hall–Kier alpha value is -1.92. The van der Waals surface area contributed by atoms with Gasteiger partial charge in [0, 0.05) is 36.8 Å². The van der Waals surface area contributed by atoms with E-state index in [0.29, 0.717) is 37.4 Å². The highest BCUT2D eigenvalue weighted by Gasteiger charge is 2.17.